The molecule has 0 radical (unpaired) electrons. The molecule has 2 aromatic heterocycles. The molecular weight excluding hydrogens is 452 g/mol. The summed E-state index contributed by atoms with van der Waals surface area (Å²) in [5, 5.41) is 0. The third-order valence-corrected chi connectivity index (χ3v) is 5.52. The SMILES string of the molecule is COCCN(CC(=O)N(CCc1ccc(OC)c(OC)c1)Cc1ccc(C)o1)C(=O)c1ccco1. The first kappa shape index (κ1) is 25.9. The van der Waals surface area contributed by atoms with Gasteiger partial charge in [0.15, 0.2) is 17.3 Å². The van der Waals surface area contributed by atoms with Crippen LogP contribution in [0.15, 0.2) is 57.6 Å². The Hall–Kier alpha value is -3.72. The minimum atomic E-state index is -0.367. The van der Waals surface area contributed by atoms with Crippen molar-refractivity contribution < 1.29 is 32.6 Å². The van der Waals surface area contributed by atoms with E-state index < -0.39 is 0 Å². The third kappa shape index (κ3) is 7.13. The molecule has 0 N–H and O–H groups in total. The minimum Gasteiger partial charge on any atom is -0.493 e. The first-order valence-corrected chi connectivity index (χ1v) is 11.3. The van der Waals surface area contributed by atoms with E-state index >= 15 is 0 Å². The molecule has 188 valence electrons. The van der Waals surface area contributed by atoms with E-state index in [1.54, 1.807) is 38.4 Å². The van der Waals surface area contributed by atoms with E-state index in [4.69, 9.17) is 23.0 Å². The lowest BCUT2D eigenvalue weighted by atomic mass is 10.1. The van der Waals surface area contributed by atoms with E-state index in [0.29, 0.717) is 36.8 Å². The van der Waals surface area contributed by atoms with E-state index in [1.807, 2.05) is 37.3 Å². The molecule has 0 unspecified atom stereocenters. The highest BCUT2D eigenvalue weighted by molar-refractivity contribution is 5.94. The van der Waals surface area contributed by atoms with Gasteiger partial charge in [-0.25, -0.2) is 0 Å². The standard InChI is InChI=1S/C26H32N2O7/c1-19-7-9-21(35-19)17-27(12-11-20-8-10-22(32-3)24(16-20)33-4)25(29)18-28(13-15-31-2)26(30)23-6-5-14-34-23/h5-10,14,16H,11-13,15,17-18H2,1-4H3. The summed E-state index contributed by atoms with van der Waals surface area (Å²) >= 11 is 0. The first-order valence-electron chi connectivity index (χ1n) is 11.3. The number of methoxy groups -OCH3 is 3. The molecule has 2 amide bonds. The van der Waals surface area contributed by atoms with E-state index in [-0.39, 0.29) is 37.2 Å². The third-order valence-electron chi connectivity index (χ3n) is 5.52. The number of carbonyl (C=O) groups is 2. The summed E-state index contributed by atoms with van der Waals surface area (Å²) in [4.78, 5) is 29.4. The largest absolute Gasteiger partial charge is 0.493 e. The van der Waals surface area contributed by atoms with Gasteiger partial charge in [-0.15, -0.1) is 0 Å². The molecule has 0 aliphatic heterocycles. The van der Waals surface area contributed by atoms with Gasteiger partial charge in [-0.2, -0.15) is 0 Å². The highest BCUT2D eigenvalue weighted by Gasteiger charge is 2.24. The molecule has 0 saturated heterocycles. The lowest BCUT2D eigenvalue weighted by Gasteiger charge is -2.27. The Balaban J connectivity index is 1.76. The van der Waals surface area contributed by atoms with Gasteiger partial charge in [0, 0.05) is 20.2 Å². The van der Waals surface area contributed by atoms with E-state index in [0.717, 1.165) is 11.3 Å². The Kier molecular flexibility index (Phi) is 9.37. The van der Waals surface area contributed by atoms with Gasteiger partial charge in [0.05, 0.1) is 33.6 Å². The lowest BCUT2D eigenvalue weighted by molar-refractivity contribution is -0.132. The number of furan rings is 2. The van der Waals surface area contributed by atoms with Crippen LogP contribution in [0, 0.1) is 6.92 Å². The van der Waals surface area contributed by atoms with Crippen molar-refractivity contribution in [3.05, 3.63) is 71.6 Å². The molecule has 0 bridgehead atoms. The summed E-state index contributed by atoms with van der Waals surface area (Å²) in [6.07, 6.45) is 2.01. The second-order valence-electron chi connectivity index (χ2n) is 7.96. The molecule has 1 aromatic carbocycles. The maximum Gasteiger partial charge on any atom is 0.290 e. The zero-order chi connectivity index (χ0) is 25.2. The summed E-state index contributed by atoms with van der Waals surface area (Å²) < 4.78 is 26.8. The smallest absolute Gasteiger partial charge is 0.290 e. The van der Waals surface area contributed by atoms with Gasteiger partial charge >= 0.3 is 0 Å². The van der Waals surface area contributed by atoms with Crippen LogP contribution in [0.25, 0.3) is 0 Å². The van der Waals surface area contributed by atoms with Crippen LogP contribution in [0.3, 0.4) is 0 Å². The Bertz CT molecular complexity index is 1090. The first-order chi connectivity index (χ1) is 16.9. The van der Waals surface area contributed by atoms with Gasteiger partial charge in [-0.3, -0.25) is 9.59 Å². The summed E-state index contributed by atoms with van der Waals surface area (Å²) in [7, 11) is 4.72. The van der Waals surface area contributed by atoms with Gasteiger partial charge in [0.1, 0.15) is 18.1 Å². The molecule has 0 spiro atoms. The number of amides is 2. The molecule has 3 aromatic rings. The van der Waals surface area contributed by atoms with Crippen LogP contribution in [0.1, 0.15) is 27.6 Å². The van der Waals surface area contributed by atoms with Gasteiger partial charge in [-0.1, -0.05) is 6.07 Å². The quantitative estimate of drug-likeness (QED) is 0.366. The van der Waals surface area contributed by atoms with Crippen LogP contribution in [0.5, 0.6) is 11.5 Å². The molecule has 35 heavy (non-hydrogen) atoms. The average Bonchev–Trinajstić information content (AvgIpc) is 3.55. The fourth-order valence-corrected chi connectivity index (χ4v) is 3.62. The van der Waals surface area contributed by atoms with Gasteiger partial charge < -0.3 is 32.8 Å². The summed E-state index contributed by atoms with van der Waals surface area (Å²) in [6, 6.07) is 12.6. The molecule has 0 aliphatic rings. The molecule has 0 atom stereocenters. The molecule has 9 nitrogen and oxygen atoms in total. The molecule has 0 saturated carbocycles. The second-order valence-corrected chi connectivity index (χ2v) is 7.96. The van der Waals surface area contributed by atoms with Crippen molar-refractivity contribution in [2.24, 2.45) is 0 Å². The summed E-state index contributed by atoms with van der Waals surface area (Å²) in [5.41, 5.74) is 0.985. The lowest BCUT2D eigenvalue weighted by Crippen LogP contribution is -2.44. The fraction of sp³-hybridized carbons (Fsp3) is 0.385. The van der Waals surface area contributed by atoms with Gasteiger partial charge in [0.2, 0.25) is 5.91 Å². The molecular formula is C26H32N2O7. The molecule has 0 aliphatic carbocycles. The predicted molar refractivity (Wildman–Crippen MR) is 129 cm³/mol. The minimum absolute atomic E-state index is 0.117. The van der Waals surface area contributed by atoms with Crippen LogP contribution in [-0.4, -0.2) is 69.2 Å². The van der Waals surface area contributed by atoms with Gasteiger partial charge in [0.25, 0.3) is 5.91 Å². The Morgan fingerprint density at radius 1 is 0.943 bits per heavy atom. The Labute approximate surface area is 205 Å². The highest BCUT2D eigenvalue weighted by atomic mass is 16.5. The fourth-order valence-electron chi connectivity index (χ4n) is 3.62. The van der Waals surface area contributed by atoms with Gasteiger partial charge in [-0.05, 0) is 55.3 Å². The topological polar surface area (TPSA) is 94.6 Å². The maximum absolute atomic E-state index is 13.4. The van der Waals surface area contributed by atoms with E-state index in [2.05, 4.69) is 0 Å². The van der Waals surface area contributed by atoms with Crippen LogP contribution in [0.2, 0.25) is 0 Å². The van der Waals surface area contributed by atoms with Crippen LogP contribution < -0.4 is 9.47 Å². The number of aryl methyl sites for hydroxylation is 1. The average molecular weight is 485 g/mol. The highest BCUT2D eigenvalue weighted by Crippen LogP contribution is 2.27. The van der Waals surface area contributed by atoms with Crippen molar-refractivity contribution in [2.75, 3.05) is 47.6 Å². The number of ether oxygens (including phenoxy) is 3. The second kappa shape index (κ2) is 12.7. The van der Waals surface area contributed by atoms with Crippen molar-refractivity contribution in [1.82, 2.24) is 9.80 Å². The Morgan fingerprint density at radius 2 is 1.74 bits per heavy atom. The molecule has 9 heteroatoms. The van der Waals surface area contributed by atoms with E-state index in [9.17, 15) is 9.59 Å². The summed E-state index contributed by atoms with van der Waals surface area (Å²) in [5.74, 6) is 2.29. The molecule has 0 fully saturated rings. The molecule has 2 heterocycles. The maximum atomic E-state index is 13.4. The zero-order valence-electron chi connectivity index (χ0n) is 20.6. The summed E-state index contributed by atoms with van der Waals surface area (Å²) in [6.45, 7) is 2.99. The molecule has 3 rings (SSSR count). The van der Waals surface area contributed by atoms with Crippen molar-refractivity contribution in [3.63, 3.8) is 0 Å². The normalized spacial score (nSPS) is 10.7. The van der Waals surface area contributed by atoms with Crippen LogP contribution in [0.4, 0.5) is 0 Å². The van der Waals surface area contributed by atoms with Crippen LogP contribution >= 0.6 is 0 Å². The van der Waals surface area contributed by atoms with Crippen molar-refractivity contribution in [1.29, 1.82) is 0 Å². The number of nitrogens with zero attached hydrogens (tertiary/aromatic N) is 2. The monoisotopic (exact) mass is 484 g/mol. The number of rotatable bonds is 13. The van der Waals surface area contributed by atoms with Crippen molar-refractivity contribution in [2.45, 2.75) is 19.9 Å². The number of hydrogen-bond donors (Lipinski definition) is 0. The number of carbonyl (C=O) groups excluding carboxylic acids is 2. The number of benzene rings is 1. The van der Waals surface area contributed by atoms with Crippen molar-refractivity contribution in [3.8, 4) is 11.5 Å². The zero-order valence-corrected chi connectivity index (χ0v) is 20.6. The Morgan fingerprint density at radius 3 is 2.37 bits per heavy atom. The predicted octanol–water partition coefficient (Wildman–Crippen LogP) is 3.56. The number of hydrogen-bond acceptors (Lipinski definition) is 7. The van der Waals surface area contributed by atoms with Crippen molar-refractivity contribution >= 4 is 11.8 Å². The van der Waals surface area contributed by atoms with Crippen LogP contribution in [-0.2, 0) is 22.5 Å². The van der Waals surface area contributed by atoms with E-state index in [1.165, 1.54) is 11.2 Å².